The summed E-state index contributed by atoms with van der Waals surface area (Å²) >= 11 is 3.80. The Morgan fingerprint density at radius 2 is 2.00 bits per heavy atom. The Balaban J connectivity index is 4.04. The molecule has 2 nitrogen and oxygen atoms in total. The van der Waals surface area contributed by atoms with Crippen molar-refractivity contribution in [1.29, 1.82) is 0 Å². The van der Waals surface area contributed by atoms with Gasteiger partial charge >= 0.3 is 0 Å². The van der Waals surface area contributed by atoms with Crippen molar-refractivity contribution < 1.29 is 4.79 Å². The summed E-state index contributed by atoms with van der Waals surface area (Å²) in [5, 5.41) is 0.00908. The third-order valence-corrected chi connectivity index (χ3v) is 3.35. The molecule has 0 aliphatic rings. The SMILES string of the molecule is CCC(CCC(=O)S)C(C)N(C)CC. The second-order valence-corrected chi connectivity index (χ2v) is 4.41. The van der Waals surface area contributed by atoms with Gasteiger partial charge in [0, 0.05) is 12.5 Å². The lowest BCUT2D eigenvalue weighted by Crippen LogP contribution is -2.35. The van der Waals surface area contributed by atoms with Gasteiger partial charge < -0.3 is 4.90 Å². The fourth-order valence-corrected chi connectivity index (χ4v) is 1.87. The quantitative estimate of drug-likeness (QED) is 0.662. The van der Waals surface area contributed by atoms with Crippen LogP contribution in [0.15, 0.2) is 0 Å². The summed E-state index contributed by atoms with van der Waals surface area (Å²) in [6.45, 7) is 7.65. The van der Waals surface area contributed by atoms with Crippen molar-refractivity contribution >= 4 is 17.7 Å². The van der Waals surface area contributed by atoms with E-state index in [0.29, 0.717) is 18.4 Å². The molecule has 0 aromatic carbocycles. The maximum Gasteiger partial charge on any atom is 0.185 e. The van der Waals surface area contributed by atoms with E-state index in [0.717, 1.165) is 19.4 Å². The predicted molar refractivity (Wildman–Crippen MR) is 64.8 cm³/mol. The first-order valence-corrected chi connectivity index (χ1v) is 5.89. The minimum Gasteiger partial charge on any atom is -0.304 e. The van der Waals surface area contributed by atoms with Gasteiger partial charge in [-0.2, -0.15) is 0 Å². The first kappa shape index (κ1) is 14.0. The van der Waals surface area contributed by atoms with E-state index in [1.54, 1.807) is 0 Å². The Morgan fingerprint density at radius 1 is 1.43 bits per heavy atom. The minimum atomic E-state index is 0.00908. The molecule has 0 aromatic heterocycles. The van der Waals surface area contributed by atoms with Gasteiger partial charge in [-0.15, -0.1) is 12.6 Å². The van der Waals surface area contributed by atoms with Crippen LogP contribution in [-0.2, 0) is 4.79 Å². The molecule has 3 heteroatoms. The van der Waals surface area contributed by atoms with Crippen molar-refractivity contribution in [3.63, 3.8) is 0 Å². The zero-order chi connectivity index (χ0) is 11.1. The maximum atomic E-state index is 10.8. The molecule has 0 fully saturated rings. The summed E-state index contributed by atoms with van der Waals surface area (Å²) in [7, 11) is 2.13. The largest absolute Gasteiger partial charge is 0.304 e. The summed E-state index contributed by atoms with van der Waals surface area (Å²) in [5.41, 5.74) is 0. The van der Waals surface area contributed by atoms with Crippen molar-refractivity contribution in [2.45, 2.75) is 46.1 Å². The molecule has 0 aliphatic heterocycles. The summed E-state index contributed by atoms with van der Waals surface area (Å²) in [4.78, 5) is 13.1. The Kier molecular flexibility index (Phi) is 7.28. The van der Waals surface area contributed by atoms with Crippen LogP contribution < -0.4 is 0 Å². The van der Waals surface area contributed by atoms with Crippen LogP contribution in [0.2, 0.25) is 0 Å². The van der Waals surface area contributed by atoms with E-state index in [-0.39, 0.29) is 5.12 Å². The highest BCUT2D eigenvalue weighted by Gasteiger charge is 2.18. The van der Waals surface area contributed by atoms with Crippen molar-refractivity contribution in [3.05, 3.63) is 0 Å². The molecule has 2 atom stereocenters. The number of carbonyl (C=O) groups is 1. The summed E-state index contributed by atoms with van der Waals surface area (Å²) in [6, 6.07) is 0.553. The van der Waals surface area contributed by atoms with Gasteiger partial charge in [-0.1, -0.05) is 20.3 Å². The van der Waals surface area contributed by atoms with Crippen LogP contribution in [0.1, 0.15) is 40.0 Å². The van der Waals surface area contributed by atoms with Gasteiger partial charge in [0.1, 0.15) is 0 Å². The van der Waals surface area contributed by atoms with Gasteiger partial charge in [-0.05, 0) is 32.9 Å². The number of nitrogens with zero attached hydrogens (tertiary/aromatic N) is 1. The Hall–Kier alpha value is -0.0200. The van der Waals surface area contributed by atoms with Crippen LogP contribution in [0.25, 0.3) is 0 Å². The van der Waals surface area contributed by atoms with Crippen molar-refractivity contribution in [2.75, 3.05) is 13.6 Å². The van der Waals surface area contributed by atoms with Crippen molar-refractivity contribution in [2.24, 2.45) is 5.92 Å². The lowest BCUT2D eigenvalue weighted by Gasteiger charge is -2.30. The van der Waals surface area contributed by atoms with E-state index in [4.69, 9.17) is 0 Å². The molecule has 14 heavy (non-hydrogen) atoms. The Labute approximate surface area is 93.5 Å². The lowest BCUT2D eigenvalue weighted by molar-refractivity contribution is -0.111. The van der Waals surface area contributed by atoms with E-state index >= 15 is 0 Å². The molecule has 2 unspecified atom stereocenters. The molecule has 0 spiro atoms. The second-order valence-electron chi connectivity index (χ2n) is 3.91. The third kappa shape index (κ3) is 5.01. The van der Waals surface area contributed by atoms with E-state index in [1.807, 2.05) is 0 Å². The lowest BCUT2D eigenvalue weighted by atomic mass is 9.92. The number of rotatable bonds is 7. The molecule has 0 amide bonds. The summed E-state index contributed by atoms with van der Waals surface area (Å²) in [5.74, 6) is 0.607. The molecule has 0 bridgehead atoms. The molecular weight excluding hydrogens is 194 g/mol. The summed E-state index contributed by atoms with van der Waals surface area (Å²) < 4.78 is 0. The molecule has 0 aliphatic carbocycles. The number of carbonyl (C=O) groups excluding carboxylic acids is 1. The van der Waals surface area contributed by atoms with E-state index in [1.165, 1.54) is 0 Å². The third-order valence-electron chi connectivity index (χ3n) is 3.13. The first-order valence-electron chi connectivity index (χ1n) is 5.44. The maximum absolute atomic E-state index is 10.8. The zero-order valence-electron chi connectivity index (χ0n) is 9.79. The van der Waals surface area contributed by atoms with Crippen LogP contribution in [0, 0.1) is 5.92 Å². The topological polar surface area (TPSA) is 20.3 Å². The van der Waals surface area contributed by atoms with Crippen molar-refractivity contribution in [3.8, 4) is 0 Å². The summed E-state index contributed by atoms with van der Waals surface area (Å²) in [6.07, 6.45) is 2.69. The minimum absolute atomic E-state index is 0.00908. The normalized spacial score (nSPS) is 15.6. The van der Waals surface area contributed by atoms with E-state index in [9.17, 15) is 4.79 Å². The fourth-order valence-electron chi connectivity index (χ4n) is 1.74. The van der Waals surface area contributed by atoms with Crippen LogP contribution in [-0.4, -0.2) is 29.6 Å². The average molecular weight is 217 g/mol. The van der Waals surface area contributed by atoms with Gasteiger partial charge in [0.2, 0.25) is 0 Å². The average Bonchev–Trinajstić information content (AvgIpc) is 2.16. The zero-order valence-corrected chi connectivity index (χ0v) is 10.7. The predicted octanol–water partition coefficient (Wildman–Crippen LogP) is 2.59. The van der Waals surface area contributed by atoms with Gasteiger partial charge in [-0.3, -0.25) is 4.79 Å². The van der Waals surface area contributed by atoms with Crippen LogP contribution >= 0.6 is 12.6 Å². The van der Waals surface area contributed by atoms with E-state index < -0.39 is 0 Å². The molecule has 0 saturated carbocycles. The van der Waals surface area contributed by atoms with Gasteiger partial charge in [0.15, 0.2) is 5.12 Å². The van der Waals surface area contributed by atoms with Crippen LogP contribution in [0.3, 0.4) is 0 Å². The molecule has 0 heterocycles. The molecule has 0 N–H and O–H groups in total. The molecule has 0 rings (SSSR count). The number of thiol groups is 1. The highest BCUT2D eigenvalue weighted by atomic mass is 32.1. The molecule has 0 aromatic rings. The fraction of sp³-hybridized carbons (Fsp3) is 0.909. The van der Waals surface area contributed by atoms with Gasteiger partial charge in [-0.25, -0.2) is 0 Å². The Morgan fingerprint density at radius 3 is 2.36 bits per heavy atom. The van der Waals surface area contributed by atoms with Gasteiger partial charge in [0.05, 0.1) is 0 Å². The van der Waals surface area contributed by atoms with E-state index in [2.05, 4.69) is 45.3 Å². The smallest absolute Gasteiger partial charge is 0.185 e. The first-order chi connectivity index (χ1) is 6.52. The van der Waals surface area contributed by atoms with Crippen LogP contribution in [0.5, 0.6) is 0 Å². The standard InChI is InChI=1S/C11H23NOS/c1-5-10(7-8-11(13)14)9(3)12(4)6-2/h9-10H,5-8H2,1-4H3,(H,13,14). The van der Waals surface area contributed by atoms with Crippen molar-refractivity contribution in [1.82, 2.24) is 4.90 Å². The monoisotopic (exact) mass is 217 g/mol. The second kappa shape index (κ2) is 7.30. The molecule has 0 radical (unpaired) electrons. The highest BCUT2D eigenvalue weighted by Crippen LogP contribution is 2.19. The molecular formula is C11H23NOS. The number of hydrogen-bond acceptors (Lipinski definition) is 2. The molecule has 84 valence electrons. The Bertz CT molecular complexity index is 173. The number of hydrogen-bond donors (Lipinski definition) is 1. The molecule has 0 saturated heterocycles. The van der Waals surface area contributed by atoms with Crippen LogP contribution in [0.4, 0.5) is 0 Å². The highest BCUT2D eigenvalue weighted by molar-refractivity contribution is 7.96. The van der Waals surface area contributed by atoms with Gasteiger partial charge in [0.25, 0.3) is 0 Å².